The first-order chi connectivity index (χ1) is 9.60. The Kier molecular flexibility index (Phi) is 4.66. The molecule has 1 aliphatic heterocycles. The average Bonchev–Trinajstić information content (AvgIpc) is 2.43. The zero-order valence-electron chi connectivity index (χ0n) is 10.9. The highest BCUT2D eigenvalue weighted by Gasteiger charge is 2.26. The van der Waals surface area contributed by atoms with Gasteiger partial charge in [-0.3, -0.25) is 9.69 Å². The van der Waals surface area contributed by atoms with Crippen LogP contribution in [0.1, 0.15) is 17.5 Å². The van der Waals surface area contributed by atoms with Crippen molar-refractivity contribution in [3.05, 3.63) is 35.1 Å². The summed E-state index contributed by atoms with van der Waals surface area (Å²) in [5.74, 6) is -1.29. The van der Waals surface area contributed by atoms with Crippen LogP contribution in [0.15, 0.2) is 18.2 Å². The second-order valence-corrected chi connectivity index (χ2v) is 4.72. The van der Waals surface area contributed by atoms with Crippen molar-refractivity contribution in [1.29, 1.82) is 5.26 Å². The van der Waals surface area contributed by atoms with Crippen molar-refractivity contribution < 1.29 is 19.0 Å². The Morgan fingerprint density at radius 1 is 1.60 bits per heavy atom. The van der Waals surface area contributed by atoms with E-state index in [2.05, 4.69) is 0 Å². The Bertz CT molecular complexity index is 542. The zero-order valence-corrected chi connectivity index (χ0v) is 10.9. The number of benzene rings is 1. The Morgan fingerprint density at radius 2 is 2.40 bits per heavy atom. The average molecular weight is 278 g/mol. The van der Waals surface area contributed by atoms with E-state index in [9.17, 15) is 9.18 Å². The third kappa shape index (κ3) is 3.53. The Hall–Kier alpha value is -1.97. The summed E-state index contributed by atoms with van der Waals surface area (Å²) >= 11 is 0. The minimum atomic E-state index is -0.906. The van der Waals surface area contributed by atoms with Gasteiger partial charge in [0.2, 0.25) is 0 Å². The second kappa shape index (κ2) is 6.46. The van der Waals surface area contributed by atoms with Gasteiger partial charge in [0.05, 0.1) is 31.3 Å². The summed E-state index contributed by atoms with van der Waals surface area (Å²) in [4.78, 5) is 12.7. The lowest BCUT2D eigenvalue weighted by Crippen LogP contribution is -2.46. The third-order valence-electron chi connectivity index (χ3n) is 3.31. The lowest BCUT2D eigenvalue weighted by Gasteiger charge is -2.34. The van der Waals surface area contributed by atoms with Crippen LogP contribution in [0.2, 0.25) is 0 Å². The van der Waals surface area contributed by atoms with Crippen LogP contribution in [0, 0.1) is 17.1 Å². The van der Waals surface area contributed by atoms with Crippen LogP contribution in [-0.2, 0) is 16.1 Å². The van der Waals surface area contributed by atoms with Crippen molar-refractivity contribution >= 4 is 5.97 Å². The number of carboxylic acid groups (broad SMARTS) is 1. The molecular weight excluding hydrogens is 263 g/mol. The first-order valence-electron chi connectivity index (χ1n) is 6.32. The van der Waals surface area contributed by atoms with E-state index in [1.807, 2.05) is 11.0 Å². The van der Waals surface area contributed by atoms with Crippen molar-refractivity contribution in [2.75, 3.05) is 19.8 Å². The van der Waals surface area contributed by atoms with Gasteiger partial charge >= 0.3 is 5.97 Å². The number of halogens is 1. The minimum absolute atomic E-state index is 0.0421. The molecule has 0 aliphatic carbocycles. The fourth-order valence-corrected chi connectivity index (χ4v) is 2.27. The summed E-state index contributed by atoms with van der Waals surface area (Å²) in [5.41, 5.74) is 0.797. The molecule has 1 N–H and O–H groups in total. The summed E-state index contributed by atoms with van der Waals surface area (Å²) in [6, 6.07) is 5.89. The number of nitrogens with zero attached hydrogens (tertiary/aromatic N) is 2. The Labute approximate surface area is 116 Å². The quantitative estimate of drug-likeness (QED) is 0.900. The van der Waals surface area contributed by atoms with Crippen LogP contribution in [-0.4, -0.2) is 41.8 Å². The number of hydrogen-bond acceptors (Lipinski definition) is 4. The molecule has 6 heteroatoms. The van der Waals surface area contributed by atoms with E-state index in [1.165, 1.54) is 18.2 Å². The molecule has 0 bridgehead atoms. The molecule has 1 atom stereocenters. The molecule has 0 amide bonds. The minimum Gasteiger partial charge on any atom is -0.481 e. The van der Waals surface area contributed by atoms with Crippen LogP contribution in [0.3, 0.4) is 0 Å². The summed E-state index contributed by atoms with van der Waals surface area (Å²) < 4.78 is 19.0. The van der Waals surface area contributed by atoms with Crippen LogP contribution >= 0.6 is 0 Å². The zero-order chi connectivity index (χ0) is 14.5. The molecule has 2 rings (SSSR count). The predicted molar refractivity (Wildman–Crippen MR) is 68.4 cm³/mol. The first-order valence-corrected chi connectivity index (χ1v) is 6.32. The van der Waals surface area contributed by atoms with E-state index >= 15 is 0 Å². The highest BCUT2D eigenvalue weighted by molar-refractivity contribution is 5.67. The van der Waals surface area contributed by atoms with E-state index in [0.717, 1.165) is 0 Å². The maximum absolute atomic E-state index is 13.8. The smallest absolute Gasteiger partial charge is 0.305 e. The van der Waals surface area contributed by atoms with Gasteiger partial charge in [-0.05, 0) is 18.2 Å². The number of ether oxygens (including phenoxy) is 1. The molecule has 1 fully saturated rings. The number of aliphatic carboxylic acids is 1. The van der Waals surface area contributed by atoms with Gasteiger partial charge in [0.1, 0.15) is 5.82 Å². The van der Waals surface area contributed by atoms with Gasteiger partial charge in [-0.2, -0.15) is 5.26 Å². The molecule has 5 nitrogen and oxygen atoms in total. The fraction of sp³-hybridized carbons (Fsp3) is 0.429. The fourth-order valence-electron chi connectivity index (χ4n) is 2.27. The molecule has 1 heterocycles. The van der Waals surface area contributed by atoms with Gasteiger partial charge in [0, 0.05) is 24.7 Å². The summed E-state index contributed by atoms with van der Waals surface area (Å²) in [6.07, 6.45) is -0.0421. The van der Waals surface area contributed by atoms with Gasteiger partial charge in [-0.25, -0.2) is 4.39 Å². The first kappa shape index (κ1) is 14.4. The molecule has 1 saturated heterocycles. The highest BCUT2D eigenvalue weighted by Crippen LogP contribution is 2.18. The van der Waals surface area contributed by atoms with Gasteiger partial charge in [0.25, 0.3) is 0 Å². The number of rotatable bonds is 4. The van der Waals surface area contributed by atoms with Crippen molar-refractivity contribution in [3.8, 4) is 6.07 Å². The van der Waals surface area contributed by atoms with E-state index in [-0.39, 0.29) is 24.8 Å². The van der Waals surface area contributed by atoms with Crippen molar-refractivity contribution in [1.82, 2.24) is 4.90 Å². The molecule has 0 saturated carbocycles. The Morgan fingerprint density at radius 3 is 3.10 bits per heavy atom. The maximum atomic E-state index is 13.8. The number of carbonyl (C=O) groups is 1. The molecule has 1 unspecified atom stereocenters. The molecule has 20 heavy (non-hydrogen) atoms. The van der Waals surface area contributed by atoms with Crippen LogP contribution in [0.25, 0.3) is 0 Å². The number of hydrogen-bond donors (Lipinski definition) is 1. The number of carboxylic acids is 1. The van der Waals surface area contributed by atoms with Gasteiger partial charge in [-0.1, -0.05) is 0 Å². The molecule has 1 aromatic carbocycles. The SMILES string of the molecule is N#Cc1ccc(F)c(CN2CCOCC2CC(=O)O)c1. The van der Waals surface area contributed by atoms with Crippen molar-refractivity contribution in [3.63, 3.8) is 0 Å². The maximum Gasteiger partial charge on any atom is 0.305 e. The number of nitriles is 1. The molecule has 0 spiro atoms. The molecular formula is C14H15FN2O3. The topological polar surface area (TPSA) is 73.6 Å². The predicted octanol–water partition coefficient (Wildman–Crippen LogP) is 1.37. The molecule has 1 aromatic rings. The lowest BCUT2D eigenvalue weighted by atomic mass is 10.1. The summed E-state index contributed by atoms with van der Waals surface area (Å²) in [6.45, 7) is 1.65. The van der Waals surface area contributed by atoms with Crippen LogP contribution < -0.4 is 0 Å². The largest absolute Gasteiger partial charge is 0.481 e. The second-order valence-electron chi connectivity index (χ2n) is 4.72. The summed E-state index contributed by atoms with van der Waals surface area (Å²) in [7, 11) is 0. The summed E-state index contributed by atoms with van der Waals surface area (Å²) in [5, 5.41) is 17.7. The van der Waals surface area contributed by atoms with Crippen molar-refractivity contribution in [2.24, 2.45) is 0 Å². The third-order valence-corrected chi connectivity index (χ3v) is 3.31. The molecule has 1 aliphatic rings. The molecule has 0 aromatic heterocycles. The molecule has 0 radical (unpaired) electrons. The van der Waals surface area contributed by atoms with Gasteiger partial charge in [0.15, 0.2) is 0 Å². The normalized spacial score (nSPS) is 19.5. The van der Waals surface area contributed by atoms with E-state index in [1.54, 1.807) is 0 Å². The van der Waals surface area contributed by atoms with Crippen LogP contribution in [0.5, 0.6) is 0 Å². The standard InChI is InChI=1S/C14H15FN2O3/c15-13-2-1-10(7-16)5-11(13)8-17-3-4-20-9-12(17)6-14(18)19/h1-2,5,12H,3-4,6,8-9H2,(H,18,19). The molecule has 106 valence electrons. The Balaban J connectivity index is 2.14. The van der Waals surface area contributed by atoms with Crippen molar-refractivity contribution in [2.45, 2.75) is 19.0 Å². The number of morpholine rings is 1. The van der Waals surface area contributed by atoms with E-state index < -0.39 is 5.97 Å². The van der Waals surface area contributed by atoms with E-state index in [0.29, 0.717) is 30.9 Å². The highest BCUT2D eigenvalue weighted by atomic mass is 19.1. The monoisotopic (exact) mass is 278 g/mol. The van der Waals surface area contributed by atoms with E-state index in [4.69, 9.17) is 15.1 Å². The lowest BCUT2D eigenvalue weighted by molar-refractivity contribution is -0.140. The van der Waals surface area contributed by atoms with Crippen LogP contribution in [0.4, 0.5) is 4.39 Å². The van der Waals surface area contributed by atoms with Gasteiger partial charge < -0.3 is 9.84 Å². The van der Waals surface area contributed by atoms with Gasteiger partial charge in [-0.15, -0.1) is 0 Å².